The monoisotopic (exact) mass is 693 g/mol. The van der Waals surface area contributed by atoms with E-state index >= 15 is 0 Å². The number of hydrogen-bond donors (Lipinski definition) is 1. The second-order valence-electron chi connectivity index (χ2n) is 14.2. The quantitative estimate of drug-likeness (QED) is 0.0310. The average Bonchev–Trinajstić information content (AvgIpc) is 3.05. The highest BCUT2D eigenvalue weighted by atomic mass is 16.6. The Morgan fingerprint density at radius 1 is 0.633 bits per heavy atom. The zero-order valence-electron chi connectivity index (χ0n) is 32.1. The first-order chi connectivity index (χ1) is 23.6. The van der Waals surface area contributed by atoms with Gasteiger partial charge in [0.1, 0.15) is 6.61 Å². The molecular formula is C41H74NO7+. The molecule has 8 nitrogen and oxygen atoms in total. The van der Waals surface area contributed by atoms with E-state index in [1.807, 2.05) is 27.2 Å². The first-order valence-corrected chi connectivity index (χ1v) is 19.5. The van der Waals surface area contributed by atoms with Crippen LogP contribution in [0, 0.1) is 0 Å². The van der Waals surface area contributed by atoms with Crippen molar-refractivity contribution in [3.63, 3.8) is 0 Å². The number of nitrogens with zero attached hydrogens (tertiary/aromatic N) is 1. The van der Waals surface area contributed by atoms with Crippen LogP contribution in [0.3, 0.4) is 0 Å². The van der Waals surface area contributed by atoms with E-state index in [1.165, 1.54) is 83.5 Å². The van der Waals surface area contributed by atoms with Gasteiger partial charge in [0.05, 0.1) is 40.8 Å². The molecule has 0 spiro atoms. The van der Waals surface area contributed by atoms with Gasteiger partial charge in [-0.3, -0.25) is 9.59 Å². The summed E-state index contributed by atoms with van der Waals surface area (Å²) in [5.41, 5.74) is 0. The SMILES string of the molecule is CC/C=C/C/C=C/C/C=C/CC(=O)OCC(COCCC(C(=O)O)[N+](C)(C)C)OC(=O)CCCCCCCCCCCCCCCCCC. The Labute approximate surface area is 300 Å². The molecule has 0 fully saturated rings. The number of quaternary nitrogens is 1. The van der Waals surface area contributed by atoms with Crippen LogP contribution < -0.4 is 0 Å². The summed E-state index contributed by atoms with van der Waals surface area (Å²) in [5.74, 6) is -1.62. The van der Waals surface area contributed by atoms with E-state index in [0.717, 1.165) is 38.5 Å². The standard InChI is InChI=1S/C41H73NO7/c1-6-8-10-12-14-16-17-18-19-20-21-22-24-26-28-30-32-40(44)49-37(35-47-34-33-38(41(45)46)42(3,4)5)36-48-39(43)31-29-27-25-23-15-13-11-9-7-2/h9,11,15,23,27,29,37-38H,6-8,10,12-14,16-22,24-26,28,30-36H2,1-5H3/p+1/b11-9+,23-15+,29-27+. The third kappa shape index (κ3) is 31.3. The number of likely N-dealkylation sites (N-methyl/N-ethyl adjacent to an activating group) is 1. The van der Waals surface area contributed by atoms with Gasteiger partial charge in [0.2, 0.25) is 0 Å². The predicted octanol–water partition coefficient (Wildman–Crippen LogP) is 9.91. The minimum Gasteiger partial charge on any atom is -0.477 e. The number of rotatable bonds is 34. The van der Waals surface area contributed by atoms with Gasteiger partial charge in [-0.15, -0.1) is 0 Å². The molecule has 0 saturated carbocycles. The number of aliphatic carboxylic acids is 1. The molecule has 8 heteroatoms. The number of unbranched alkanes of at least 4 members (excludes halogenated alkanes) is 15. The van der Waals surface area contributed by atoms with Gasteiger partial charge in [-0.05, 0) is 25.7 Å². The van der Waals surface area contributed by atoms with Crippen molar-refractivity contribution in [3.05, 3.63) is 36.5 Å². The molecule has 284 valence electrons. The van der Waals surface area contributed by atoms with Crippen molar-refractivity contribution in [1.29, 1.82) is 0 Å². The summed E-state index contributed by atoms with van der Waals surface area (Å²) in [7, 11) is 5.49. The summed E-state index contributed by atoms with van der Waals surface area (Å²) in [6, 6.07) is -0.622. The van der Waals surface area contributed by atoms with Crippen LogP contribution in [0.15, 0.2) is 36.5 Å². The lowest BCUT2D eigenvalue weighted by molar-refractivity contribution is -0.887. The summed E-state index contributed by atoms with van der Waals surface area (Å²) >= 11 is 0. The molecule has 0 aliphatic heterocycles. The number of ether oxygens (including phenoxy) is 3. The number of allylic oxidation sites excluding steroid dienone is 5. The molecule has 0 amide bonds. The lowest BCUT2D eigenvalue weighted by Crippen LogP contribution is -2.50. The minimum atomic E-state index is -0.885. The fourth-order valence-corrected chi connectivity index (χ4v) is 5.56. The van der Waals surface area contributed by atoms with Crippen LogP contribution in [0.1, 0.15) is 155 Å². The third-order valence-electron chi connectivity index (χ3n) is 8.59. The van der Waals surface area contributed by atoms with E-state index in [0.29, 0.717) is 12.8 Å². The van der Waals surface area contributed by atoms with Crippen molar-refractivity contribution in [2.24, 2.45) is 0 Å². The number of carbonyl (C=O) groups excluding carboxylic acids is 2. The van der Waals surface area contributed by atoms with Crippen LogP contribution >= 0.6 is 0 Å². The molecule has 2 unspecified atom stereocenters. The van der Waals surface area contributed by atoms with Crippen LogP contribution in [-0.2, 0) is 28.6 Å². The number of carboxylic acids is 1. The molecule has 0 bridgehead atoms. The molecule has 0 aromatic carbocycles. The zero-order chi connectivity index (χ0) is 36.4. The van der Waals surface area contributed by atoms with Crippen LogP contribution in [-0.4, -0.2) is 80.6 Å². The first-order valence-electron chi connectivity index (χ1n) is 19.5. The maximum Gasteiger partial charge on any atom is 0.362 e. The van der Waals surface area contributed by atoms with Crippen molar-refractivity contribution < 1.29 is 38.2 Å². The van der Waals surface area contributed by atoms with Gasteiger partial charge in [-0.1, -0.05) is 147 Å². The summed E-state index contributed by atoms with van der Waals surface area (Å²) in [6.45, 7) is 4.50. The highest BCUT2D eigenvalue weighted by Gasteiger charge is 2.31. The molecule has 0 radical (unpaired) electrons. The van der Waals surface area contributed by atoms with Crippen molar-refractivity contribution >= 4 is 17.9 Å². The minimum absolute atomic E-state index is 0.0363. The highest BCUT2D eigenvalue weighted by Crippen LogP contribution is 2.15. The maximum absolute atomic E-state index is 12.6. The average molecular weight is 693 g/mol. The first kappa shape index (κ1) is 46.5. The predicted molar refractivity (Wildman–Crippen MR) is 201 cm³/mol. The number of carboxylic acid groups (broad SMARTS) is 1. The van der Waals surface area contributed by atoms with Gasteiger partial charge in [-0.2, -0.15) is 0 Å². The molecule has 0 rings (SSSR count). The van der Waals surface area contributed by atoms with Gasteiger partial charge in [0, 0.05) is 12.8 Å². The zero-order valence-corrected chi connectivity index (χ0v) is 32.1. The summed E-state index contributed by atoms with van der Waals surface area (Å²) in [4.78, 5) is 36.6. The largest absolute Gasteiger partial charge is 0.477 e. The molecule has 0 aromatic heterocycles. The second kappa shape index (κ2) is 32.7. The van der Waals surface area contributed by atoms with Gasteiger partial charge in [-0.25, -0.2) is 4.79 Å². The maximum atomic E-state index is 12.6. The Bertz CT molecular complexity index is 906. The molecule has 0 heterocycles. The topological polar surface area (TPSA) is 99.1 Å². The van der Waals surface area contributed by atoms with Crippen molar-refractivity contribution in [1.82, 2.24) is 0 Å². The smallest absolute Gasteiger partial charge is 0.362 e. The van der Waals surface area contributed by atoms with E-state index < -0.39 is 24.1 Å². The summed E-state index contributed by atoms with van der Waals surface area (Å²) < 4.78 is 17.1. The fraction of sp³-hybridized carbons (Fsp3) is 0.780. The van der Waals surface area contributed by atoms with Gasteiger partial charge >= 0.3 is 17.9 Å². The van der Waals surface area contributed by atoms with E-state index in [1.54, 1.807) is 6.08 Å². The molecule has 0 aromatic rings. The highest BCUT2D eigenvalue weighted by molar-refractivity contribution is 5.72. The number of esters is 2. The lowest BCUT2D eigenvalue weighted by atomic mass is 10.0. The molecule has 0 saturated heterocycles. The Morgan fingerprint density at radius 3 is 1.61 bits per heavy atom. The molecule has 49 heavy (non-hydrogen) atoms. The van der Waals surface area contributed by atoms with Crippen LogP contribution in [0.5, 0.6) is 0 Å². The van der Waals surface area contributed by atoms with Gasteiger partial charge in [0.15, 0.2) is 12.1 Å². The van der Waals surface area contributed by atoms with Gasteiger partial charge in [0.25, 0.3) is 0 Å². The Morgan fingerprint density at radius 2 is 1.12 bits per heavy atom. The van der Waals surface area contributed by atoms with Crippen LogP contribution in [0.2, 0.25) is 0 Å². The van der Waals surface area contributed by atoms with E-state index in [4.69, 9.17) is 14.2 Å². The Kier molecular flexibility index (Phi) is 31.1. The molecule has 2 atom stereocenters. The summed E-state index contributed by atoms with van der Waals surface area (Å²) in [6.07, 6.45) is 35.1. The number of carbonyl (C=O) groups is 3. The van der Waals surface area contributed by atoms with Crippen LogP contribution in [0.25, 0.3) is 0 Å². The molecule has 0 aliphatic carbocycles. The second-order valence-corrected chi connectivity index (χ2v) is 14.2. The summed E-state index contributed by atoms with van der Waals surface area (Å²) in [5, 5.41) is 9.57. The molecule has 1 N–H and O–H groups in total. The molecular weight excluding hydrogens is 618 g/mol. The fourth-order valence-electron chi connectivity index (χ4n) is 5.56. The van der Waals surface area contributed by atoms with E-state index in [9.17, 15) is 19.5 Å². The normalized spacial score (nSPS) is 13.4. The van der Waals surface area contributed by atoms with Crippen molar-refractivity contribution in [3.8, 4) is 0 Å². The Balaban J connectivity index is 4.41. The third-order valence-corrected chi connectivity index (χ3v) is 8.59. The van der Waals surface area contributed by atoms with Gasteiger partial charge < -0.3 is 23.8 Å². The van der Waals surface area contributed by atoms with Crippen molar-refractivity contribution in [2.45, 2.75) is 167 Å². The van der Waals surface area contributed by atoms with Crippen molar-refractivity contribution in [2.75, 3.05) is 41.0 Å². The van der Waals surface area contributed by atoms with E-state index in [2.05, 4.69) is 38.2 Å². The number of hydrogen-bond acceptors (Lipinski definition) is 6. The Hall–Kier alpha value is -2.45. The van der Waals surface area contributed by atoms with E-state index in [-0.39, 0.29) is 36.7 Å². The lowest BCUT2D eigenvalue weighted by Gasteiger charge is -2.31. The molecule has 0 aliphatic rings. The van der Waals surface area contributed by atoms with Crippen LogP contribution in [0.4, 0.5) is 0 Å².